The lowest BCUT2D eigenvalue weighted by molar-refractivity contribution is -0.121. The minimum absolute atomic E-state index is 0.00129. The number of benzene rings is 1. The maximum atomic E-state index is 11.8. The van der Waals surface area contributed by atoms with Gasteiger partial charge in [-0.2, -0.15) is 0 Å². The van der Waals surface area contributed by atoms with E-state index >= 15 is 0 Å². The highest BCUT2D eigenvalue weighted by molar-refractivity contribution is 5.81. The summed E-state index contributed by atoms with van der Waals surface area (Å²) in [4.78, 5) is 11.8. The Morgan fingerprint density at radius 1 is 1.05 bits per heavy atom. The molecule has 0 aliphatic carbocycles. The van der Waals surface area contributed by atoms with Crippen LogP contribution in [-0.2, 0) is 24.4 Å². The maximum absolute atomic E-state index is 11.8. The Hall–Kier alpha value is -1.83. The van der Waals surface area contributed by atoms with Gasteiger partial charge in [-0.3, -0.25) is 4.79 Å². The normalized spacial score (nSPS) is 12.2. The van der Waals surface area contributed by atoms with Crippen LogP contribution in [0, 0.1) is 6.92 Å². The van der Waals surface area contributed by atoms with Gasteiger partial charge in [-0.25, -0.2) is 0 Å². The first-order valence-corrected chi connectivity index (χ1v) is 6.54. The number of nitrogens with one attached hydrogen (secondary N) is 1. The lowest BCUT2D eigenvalue weighted by Crippen LogP contribution is -2.36. The van der Waals surface area contributed by atoms with Crippen molar-refractivity contribution in [2.24, 2.45) is 0 Å². The second-order valence-corrected chi connectivity index (χ2v) is 4.90. The second kappa shape index (κ2) is 7.26. The van der Waals surface area contributed by atoms with E-state index in [-0.39, 0.29) is 46.8 Å². The molecular formula is C14H21NO6. The third kappa shape index (κ3) is 3.63. The minimum atomic E-state index is -0.572. The van der Waals surface area contributed by atoms with Crippen molar-refractivity contribution < 1.29 is 30.3 Å². The average molecular weight is 299 g/mol. The monoisotopic (exact) mass is 299 g/mol. The van der Waals surface area contributed by atoms with Crippen LogP contribution in [0.3, 0.4) is 0 Å². The molecule has 1 aromatic rings. The molecule has 1 atom stereocenters. The van der Waals surface area contributed by atoms with Crippen LogP contribution in [-0.4, -0.2) is 44.1 Å². The van der Waals surface area contributed by atoms with Crippen LogP contribution in [0.4, 0.5) is 0 Å². The Morgan fingerprint density at radius 2 is 1.57 bits per heavy atom. The SMILES string of the molecule is Cc1c(O)c(CO)c(CO)c(O)c1CC(=O)NC(C)CO. The lowest BCUT2D eigenvalue weighted by atomic mass is 9.94. The van der Waals surface area contributed by atoms with Gasteiger partial charge in [-0.1, -0.05) is 0 Å². The van der Waals surface area contributed by atoms with Crippen molar-refractivity contribution in [1.82, 2.24) is 5.32 Å². The molecular weight excluding hydrogens is 278 g/mol. The molecule has 0 aliphatic heterocycles. The van der Waals surface area contributed by atoms with Gasteiger partial charge in [0.25, 0.3) is 0 Å². The van der Waals surface area contributed by atoms with Crippen molar-refractivity contribution in [2.75, 3.05) is 6.61 Å². The van der Waals surface area contributed by atoms with Gasteiger partial charge in [0.05, 0.1) is 26.2 Å². The predicted molar refractivity (Wildman–Crippen MR) is 74.7 cm³/mol. The summed E-state index contributed by atoms with van der Waals surface area (Å²) in [5.74, 6) is -1.00. The van der Waals surface area contributed by atoms with Crippen molar-refractivity contribution in [3.63, 3.8) is 0 Å². The average Bonchev–Trinajstić information content (AvgIpc) is 2.46. The van der Waals surface area contributed by atoms with E-state index in [1.165, 1.54) is 6.92 Å². The molecule has 0 aliphatic rings. The van der Waals surface area contributed by atoms with Gasteiger partial charge >= 0.3 is 0 Å². The minimum Gasteiger partial charge on any atom is -0.507 e. The summed E-state index contributed by atoms with van der Waals surface area (Å²) in [6.45, 7) is 1.80. The highest BCUT2D eigenvalue weighted by Crippen LogP contribution is 2.37. The molecule has 1 unspecified atom stereocenters. The first kappa shape index (κ1) is 17.2. The fourth-order valence-corrected chi connectivity index (χ4v) is 2.10. The Labute approximate surface area is 122 Å². The molecule has 1 rings (SSSR count). The number of aliphatic hydroxyl groups is 3. The summed E-state index contributed by atoms with van der Waals surface area (Å²) < 4.78 is 0. The Balaban J connectivity index is 3.19. The van der Waals surface area contributed by atoms with E-state index in [0.29, 0.717) is 0 Å². The van der Waals surface area contributed by atoms with Crippen molar-refractivity contribution in [1.29, 1.82) is 0 Å². The second-order valence-electron chi connectivity index (χ2n) is 4.90. The number of phenols is 2. The van der Waals surface area contributed by atoms with Crippen molar-refractivity contribution in [2.45, 2.75) is 39.5 Å². The Bertz CT molecular complexity index is 529. The molecule has 0 saturated heterocycles. The number of rotatable bonds is 6. The van der Waals surface area contributed by atoms with Gasteiger partial charge in [0.1, 0.15) is 11.5 Å². The number of aromatic hydroxyl groups is 2. The highest BCUT2D eigenvalue weighted by atomic mass is 16.3. The van der Waals surface area contributed by atoms with Gasteiger partial charge in [0.2, 0.25) is 5.91 Å². The number of aliphatic hydroxyl groups excluding tert-OH is 3. The third-order valence-corrected chi connectivity index (χ3v) is 3.36. The number of amides is 1. The van der Waals surface area contributed by atoms with Crippen LogP contribution in [0.2, 0.25) is 0 Å². The van der Waals surface area contributed by atoms with E-state index in [2.05, 4.69) is 5.32 Å². The van der Waals surface area contributed by atoms with Gasteiger partial charge in [0, 0.05) is 22.7 Å². The number of hydrogen-bond donors (Lipinski definition) is 6. The molecule has 7 heteroatoms. The zero-order valence-corrected chi connectivity index (χ0v) is 12.1. The van der Waals surface area contributed by atoms with Crippen LogP contribution < -0.4 is 5.32 Å². The predicted octanol–water partition coefficient (Wildman–Crippen LogP) is -0.570. The first-order valence-electron chi connectivity index (χ1n) is 6.54. The van der Waals surface area contributed by atoms with Crippen LogP contribution >= 0.6 is 0 Å². The Morgan fingerprint density at radius 3 is 2.05 bits per heavy atom. The van der Waals surface area contributed by atoms with Gasteiger partial charge in [0.15, 0.2) is 0 Å². The lowest BCUT2D eigenvalue weighted by Gasteiger charge is -2.18. The molecule has 0 aromatic heterocycles. The molecule has 1 aromatic carbocycles. The molecule has 0 fully saturated rings. The van der Waals surface area contributed by atoms with Gasteiger partial charge < -0.3 is 30.8 Å². The fourth-order valence-electron chi connectivity index (χ4n) is 2.10. The van der Waals surface area contributed by atoms with Gasteiger partial charge in [-0.15, -0.1) is 0 Å². The number of carbonyl (C=O) groups excluding carboxylic acids is 1. The van der Waals surface area contributed by atoms with E-state index in [0.717, 1.165) is 0 Å². The quantitative estimate of drug-likeness (QED) is 0.390. The van der Waals surface area contributed by atoms with Crippen molar-refractivity contribution in [3.8, 4) is 11.5 Å². The summed E-state index contributed by atoms with van der Waals surface area (Å²) in [7, 11) is 0. The molecule has 0 spiro atoms. The molecule has 0 bridgehead atoms. The topological polar surface area (TPSA) is 130 Å². The number of carbonyl (C=O) groups is 1. The Kier molecular flexibility index (Phi) is 5.95. The molecule has 7 nitrogen and oxygen atoms in total. The van der Waals surface area contributed by atoms with E-state index in [1.807, 2.05) is 0 Å². The standard InChI is InChI=1S/C14H21NO6/c1-7(4-16)15-12(19)3-9-8(2)13(20)10(5-17)11(6-18)14(9)21/h7,16-18,20-21H,3-6H2,1-2H3,(H,15,19). The molecule has 6 N–H and O–H groups in total. The third-order valence-electron chi connectivity index (χ3n) is 3.36. The molecule has 0 radical (unpaired) electrons. The molecule has 21 heavy (non-hydrogen) atoms. The molecule has 118 valence electrons. The maximum Gasteiger partial charge on any atom is 0.224 e. The van der Waals surface area contributed by atoms with Crippen molar-refractivity contribution >= 4 is 5.91 Å². The summed E-state index contributed by atoms with van der Waals surface area (Å²) in [6, 6.07) is -0.428. The van der Waals surface area contributed by atoms with E-state index in [4.69, 9.17) is 5.11 Å². The summed E-state index contributed by atoms with van der Waals surface area (Å²) in [5.41, 5.74) is 0.482. The largest absolute Gasteiger partial charge is 0.507 e. The first-order chi connectivity index (χ1) is 9.87. The summed E-state index contributed by atoms with van der Waals surface area (Å²) >= 11 is 0. The van der Waals surface area contributed by atoms with Crippen LogP contribution in [0.5, 0.6) is 11.5 Å². The van der Waals surface area contributed by atoms with Crippen LogP contribution in [0.1, 0.15) is 29.2 Å². The smallest absolute Gasteiger partial charge is 0.224 e. The van der Waals surface area contributed by atoms with E-state index in [9.17, 15) is 25.2 Å². The van der Waals surface area contributed by atoms with Crippen LogP contribution in [0.25, 0.3) is 0 Å². The zero-order chi connectivity index (χ0) is 16.2. The molecule has 0 heterocycles. The fraction of sp³-hybridized carbons (Fsp3) is 0.500. The van der Waals surface area contributed by atoms with E-state index in [1.54, 1.807) is 6.92 Å². The van der Waals surface area contributed by atoms with Crippen molar-refractivity contribution in [3.05, 3.63) is 22.3 Å². The van der Waals surface area contributed by atoms with Crippen LogP contribution in [0.15, 0.2) is 0 Å². The van der Waals surface area contributed by atoms with E-state index < -0.39 is 25.2 Å². The molecule has 0 saturated carbocycles. The van der Waals surface area contributed by atoms with Gasteiger partial charge in [-0.05, 0) is 19.4 Å². The highest BCUT2D eigenvalue weighted by Gasteiger charge is 2.22. The summed E-state index contributed by atoms with van der Waals surface area (Å²) in [6.07, 6.45) is -0.214. The zero-order valence-electron chi connectivity index (χ0n) is 12.1. The molecule has 1 amide bonds. The summed E-state index contributed by atoms with van der Waals surface area (Å²) in [5, 5.41) is 50.0. The number of hydrogen-bond acceptors (Lipinski definition) is 6.